The molecule has 0 unspecified atom stereocenters. The lowest BCUT2D eigenvalue weighted by Crippen LogP contribution is -2.15. The molecular formula is C13H13N5O5S. The van der Waals surface area contributed by atoms with Crippen LogP contribution in [-0.2, 0) is 16.6 Å². The molecule has 0 bridgehead atoms. The van der Waals surface area contributed by atoms with Crippen molar-refractivity contribution in [1.29, 1.82) is 0 Å². The first-order valence-corrected chi connectivity index (χ1v) is 8.35. The van der Waals surface area contributed by atoms with Crippen molar-refractivity contribution >= 4 is 32.8 Å². The van der Waals surface area contributed by atoms with Crippen molar-refractivity contribution in [3.8, 4) is 0 Å². The van der Waals surface area contributed by atoms with Crippen LogP contribution in [0.3, 0.4) is 0 Å². The number of carboxylic acid groups (broad SMARTS) is 1. The van der Waals surface area contributed by atoms with Gasteiger partial charge in [-0.25, -0.2) is 18.2 Å². The second-order valence-corrected chi connectivity index (χ2v) is 6.63. The average molecular weight is 351 g/mol. The largest absolute Gasteiger partial charge is 0.476 e. The first-order chi connectivity index (χ1) is 11.3. The lowest BCUT2D eigenvalue weighted by atomic mass is 10.3. The van der Waals surface area contributed by atoms with Crippen molar-refractivity contribution in [2.75, 3.05) is 4.72 Å². The van der Waals surface area contributed by atoms with Gasteiger partial charge in [0.05, 0.1) is 17.3 Å². The van der Waals surface area contributed by atoms with Crippen molar-refractivity contribution in [2.45, 2.75) is 25.3 Å². The first kappa shape index (κ1) is 15.9. The minimum Gasteiger partial charge on any atom is -0.476 e. The van der Waals surface area contributed by atoms with Gasteiger partial charge in [0, 0.05) is 12.7 Å². The Balaban J connectivity index is 2.03. The van der Waals surface area contributed by atoms with Crippen molar-refractivity contribution in [3.05, 3.63) is 29.8 Å². The molecule has 126 valence electrons. The topological polar surface area (TPSA) is 140 Å². The molecular weight excluding hydrogens is 338 g/mol. The summed E-state index contributed by atoms with van der Waals surface area (Å²) >= 11 is 0. The lowest BCUT2D eigenvalue weighted by Gasteiger charge is -2.06. The van der Waals surface area contributed by atoms with Crippen LogP contribution < -0.4 is 4.72 Å². The zero-order valence-electron chi connectivity index (χ0n) is 12.7. The third-order valence-corrected chi connectivity index (χ3v) is 4.66. The fourth-order valence-corrected chi connectivity index (χ4v) is 3.11. The van der Waals surface area contributed by atoms with Crippen LogP contribution in [0.5, 0.6) is 0 Å². The normalized spacial score (nSPS) is 11.8. The molecule has 3 heterocycles. The minimum absolute atomic E-state index is 0.119. The van der Waals surface area contributed by atoms with Crippen LogP contribution in [0, 0.1) is 6.92 Å². The molecule has 0 saturated carbocycles. The molecule has 3 aromatic heterocycles. The van der Waals surface area contributed by atoms with E-state index in [2.05, 4.69) is 20.0 Å². The second-order valence-electron chi connectivity index (χ2n) is 4.95. The Morgan fingerprint density at radius 2 is 2.21 bits per heavy atom. The number of nitrogens with zero attached hydrogens (tertiary/aromatic N) is 4. The Bertz CT molecular complexity index is 1040. The summed E-state index contributed by atoms with van der Waals surface area (Å²) in [6, 6.07) is 1.36. The zero-order chi connectivity index (χ0) is 17.5. The molecule has 3 aromatic rings. The standard InChI is InChI=1S/C13H13N5O5S/c1-3-18-6-10(11(15-18)13(19)20)17-24(21,22)8-4-9-7(2)16-23-12(9)14-5-8/h4-6,17H,3H2,1-2H3,(H,19,20). The maximum atomic E-state index is 12.5. The average Bonchev–Trinajstić information content (AvgIpc) is 3.10. The molecule has 0 fully saturated rings. The number of aromatic nitrogens is 4. The highest BCUT2D eigenvalue weighted by molar-refractivity contribution is 7.92. The number of hydrogen-bond acceptors (Lipinski definition) is 7. The molecule has 10 nitrogen and oxygen atoms in total. The number of sulfonamides is 1. The van der Waals surface area contributed by atoms with E-state index in [-0.39, 0.29) is 22.0 Å². The number of carboxylic acids is 1. The monoisotopic (exact) mass is 351 g/mol. The Morgan fingerprint density at radius 3 is 2.88 bits per heavy atom. The summed E-state index contributed by atoms with van der Waals surface area (Å²) in [6.45, 7) is 3.81. The summed E-state index contributed by atoms with van der Waals surface area (Å²) in [6.07, 6.45) is 2.43. The van der Waals surface area contributed by atoms with Gasteiger partial charge in [-0.05, 0) is 19.9 Å². The molecule has 0 amide bonds. The smallest absolute Gasteiger partial charge is 0.358 e. The Morgan fingerprint density at radius 1 is 1.46 bits per heavy atom. The van der Waals surface area contributed by atoms with Gasteiger partial charge in [-0.2, -0.15) is 5.10 Å². The van der Waals surface area contributed by atoms with Crippen LogP contribution in [0.15, 0.2) is 27.9 Å². The van der Waals surface area contributed by atoms with E-state index >= 15 is 0 Å². The summed E-state index contributed by atoms with van der Waals surface area (Å²) in [5, 5.41) is 17.1. The van der Waals surface area contributed by atoms with Crippen LogP contribution in [0.4, 0.5) is 5.69 Å². The number of pyridine rings is 1. The number of carbonyl (C=O) groups is 1. The van der Waals surface area contributed by atoms with E-state index in [0.29, 0.717) is 17.6 Å². The van der Waals surface area contributed by atoms with Gasteiger partial charge < -0.3 is 9.63 Å². The van der Waals surface area contributed by atoms with E-state index in [1.807, 2.05) is 0 Å². The van der Waals surface area contributed by atoms with Crippen LogP contribution in [-0.4, -0.2) is 39.4 Å². The fourth-order valence-electron chi connectivity index (χ4n) is 2.09. The highest BCUT2D eigenvalue weighted by atomic mass is 32.2. The molecule has 11 heteroatoms. The number of nitrogens with one attached hydrogen (secondary N) is 1. The summed E-state index contributed by atoms with van der Waals surface area (Å²) in [5.74, 6) is -1.33. The number of hydrogen-bond donors (Lipinski definition) is 2. The van der Waals surface area contributed by atoms with Crippen molar-refractivity contribution in [2.24, 2.45) is 0 Å². The van der Waals surface area contributed by atoms with Crippen molar-refractivity contribution in [3.63, 3.8) is 0 Å². The molecule has 0 saturated heterocycles. The molecule has 2 N–H and O–H groups in total. The molecule has 0 aromatic carbocycles. The predicted octanol–water partition coefficient (Wildman–Crippen LogP) is 1.25. The second kappa shape index (κ2) is 5.60. The first-order valence-electron chi connectivity index (χ1n) is 6.87. The van der Waals surface area contributed by atoms with Gasteiger partial charge >= 0.3 is 5.97 Å². The molecule has 3 rings (SSSR count). The number of rotatable bonds is 5. The maximum Gasteiger partial charge on any atom is 0.358 e. The van der Waals surface area contributed by atoms with E-state index in [1.165, 1.54) is 16.9 Å². The summed E-state index contributed by atoms with van der Waals surface area (Å²) < 4.78 is 33.5. The predicted molar refractivity (Wildman–Crippen MR) is 82.2 cm³/mol. The third kappa shape index (κ3) is 2.69. The van der Waals surface area contributed by atoms with Gasteiger partial charge in [0.1, 0.15) is 10.6 Å². The van der Waals surface area contributed by atoms with Gasteiger partial charge in [0.2, 0.25) is 0 Å². The Labute approximate surface area is 136 Å². The van der Waals surface area contributed by atoms with Gasteiger partial charge in [-0.3, -0.25) is 9.40 Å². The molecule has 0 spiro atoms. The molecule has 0 aliphatic heterocycles. The third-order valence-electron chi connectivity index (χ3n) is 3.33. The lowest BCUT2D eigenvalue weighted by molar-refractivity contribution is 0.0690. The number of aryl methyl sites for hydroxylation is 2. The van der Waals surface area contributed by atoms with Crippen LogP contribution in [0.25, 0.3) is 11.1 Å². The van der Waals surface area contributed by atoms with Crippen LogP contribution >= 0.6 is 0 Å². The highest BCUT2D eigenvalue weighted by Crippen LogP contribution is 2.23. The van der Waals surface area contributed by atoms with Gasteiger partial charge in [-0.1, -0.05) is 5.16 Å². The zero-order valence-corrected chi connectivity index (χ0v) is 13.5. The SMILES string of the molecule is CCn1cc(NS(=O)(=O)c2cnc3onc(C)c3c2)c(C(=O)O)n1. The molecule has 0 aliphatic carbocycles. The Hall–Kier alpha value is -2.95. The molecule has 24 heavy (non-hydrogen) atoms. The quantitative estimate of drug-likeness (QED) is 0.699. The maximum absolute atomic E-state index is 12.5. The van der Waals surface area contributed by atoms with E-state index in [1.54, 1.807) is 13.8 Å². The minimum atomic E-state index is -4.05. The summed E-state index contributed by atoms with van der Waals surface area (Å²) in [4.78, 5) is 15.0. The summed E-state index contributed by atoms with van der Waals surface area (Å²) in [5.41, 5.74) is 0.221. The van der Waals surface area contributed by atoms with E-state index in [4.69, 9.17) is 9.63 Å². The van der Waals surface area contributed by atoms with Crippen molar-refractivity contribution in [1.82, 2.24) is 19.9 Å². The van der Waals surface area contributed by atoms with Gasteiger partial charge in [0.15, 0.2) is 5.69 Å². The molecule has 0 aliphatic rings. The number of aromatic carboxylic acids is 1. The van der Waals surface area contributed by atoms with Crippen LogP contribution in [0.2, 0.25) is 0 Å². The van der Waals surface area contributed by atoms with E-state index in [9.17, 15) is 13.2 Å². The van der Waals surface area contributed by atoms with E-state index < -0.39 is 16.0 Å². The Kier molecular flexibility index (Phi) is 3.72. The van der Waals surface area contributed by atoms with Gasteiger partial charge in [-0.15, -0.1) is 0 Å². The number of fused-ring (bicyclic) bond motifs is 1. The molecule has 0 radical (unpaired) electrons. The molecule has 0 atom stereocenters. The number of anilines is 1. The van der Waals surface area contributed by atoms with Crippen LogP contribution in [0.1, 0.15) is 23.1 Å². The van der Waals surface area contributed by atoms with Crippen molar-refractivity contribution < 1.29 is 22.8 Å². The van der Waals surface area contributed by atoms with Gasteiger partial charge in [0.25, 0.3) is 15.7 Å². The van der Waals surface area contributed by atoms with E-state index in [0.717, 1.165) is 6.20 Å². The highest BCUT2D eigenvalue weighted by Gasteiger charge is 2.23. The fraction of sp³-hybridized carbons (Fsp3) is 0.231. The summed E-state index contributed by atoms with van der Waals surface area (Å²) in [7, 11) is -4.05.